The average Bonchev–Trinajstić information content (AvgIpc) is 3.29. The number of nitrogens with one attached hydrogen (secondary N) is 1. The number of carbonyl (C=O) groups is 1. The Morgan fingerprint density at radius 2 is 1.82 bits per heavy atom. The zero-order valence-corrected chi connectivity index (χ0v) is 15.8. The van der Waals surface area contributed by atoms with Crippen LogP contribution in [0.1, 0.15) is 22.6 Å². The Bertz CT molecular complexity index is 942. The van der Waals surface area contributed by atoms with Gasteiger partial charge in [-0.25, -0.2) is 4.79 Å². The number of para-hydroxylation sites is 1. The lowest BCUT2D eigenvalue weighted by molar-refractivity contribution is 0.193. The minimum absolute atomic E-state index is 0.0477. The normalized spacial score (nSPS) is 24.9. The second-order valence-corrected chi connectivity index (χ2v) is 8.05. The number of hydrogen-bond acceptors (Lipinski definition) is 3. The van der Waals surface area contributed by atoms with Crippen LogP contribution in [0.5, 0.6) is 0 Å². The summed E-state index contributed by atoms with van der Waals surface area (Å²) in [5.41, 5.74) is 4.65. The summed E-state index contributed by atoms with van der Waals surface area (Å²) in [6.07, 6.45) is 1.17. The molecule has 2 amide bonds. The Hall–Kier alpha value is -3.00. The second-order valence-electron chi connectivity index (χ2n) is 8.05. The number of nitrogens with zero attached hydrogens (tertiary/aromatic N) is 3. The maximum absolute atomic E-state index is 12.6. The molecule has 2 aromatic carbocycles. The standard InChI is InChI=1S/C23H24N4O/c24-14-17-6-2-4-8-21(17)26-9-11-27(12-10-26)23(28)25-15-20-19-13-16-5-1-3-7-18(16)22(19)20/h1-8,19-20,22H,9-13,15H2,(H,25,28). The number of benzene rings is 2. The molecule has 1 aliphatic heterocycles. The van der Waals surface area contributed by atoms with Gasteiger partial charge in [-0.2, -0.15) is 5.26 Å². The van der Waals surface area contributed by atoms with E-state index < -0.39 is 0 Å². The van der Waals surface area contributed by atoms with Crippen molar-refractivity contribution in [2.45, 2.75) is 12.3 Å². The van der Waals surface area contributed by atoms with Gasteiger partial charge in [0.1, 0.15) is 6.07 Å². The van der Waals surface area contributed by atoms with E-state index in [2.05, 4.69) is 40.6 Å². The molecule has 3 atom stereocenters. The van der Waals surface area contributed by atoms with Gasteiger partial charge in [-0.15, -0.1) is 0 Å². The maximum Gasteiger partial charge on any atom is 0.317 e. The van der Waals surface area contributed by atoms with E-state index in [1.54, 1.807) is 0 Å². The molecule has 1 saturated heterocycles. The molecule has 0 spiro atoms. The van der Waals surface area contributed by atoms with Gasteiger partial charge in [-0.3, -0.25) is 0 Å². The van der Waals surface area contributed by atoms with E-state index >= 15 is 0 Å². The number of fused-ring (bicyclic) bond motifs is 3. The Morgan fingerprint density at radius 3 is 2.64 bits per heavy atom. The minimum atomic E-state index is 0.0477. The second kappa shape index (κ2) is 6.87. The van der Waals surface area contributed by atoms with Crippen molar-refractivity contribution in [3.63, 3.8) is 0 Å². The van der Waals surface area contributed by atoms with Crippen molar-refractivity contribution in [2.75, 3.05) is 37.6 Å². The van der Waals surface area contributed by atoms with Gasteiger partial charge in [0, 0.05) is 32.7 Å². The van der Waals surface area contributed by atoms with Crippen molar-refractivity contribution in [1.29, 1.82) is 5.26 Å². The highest BCUT2D eigenvalue weighted by Gasteiger charge is 2.55. The number of amides is 2. The first-order chi connectivity index (χ1) is 13.8. The first-order valence-electron chi connectivity index (χ1n) is 10.1. The summed E-state index contributed by atoms with van der Waals surface area (Å²) in [4.78, 5) is 16.7. The van der Waals surface area contributed by atoms with Crippen LogP contribution < -0.4 is 10.2 Å². The predicted molar refractivity (Wildman–Crippen MR) is 108 cm³/mol. The molecule has 28 heavy (non-hydrogen) atoms. The summed E-state index contributed by atoms with van der Waals surface area (Å²) < 4.78 is 0. The number of anilines is 1. The van der Waals surface area contributed by atoms with Crippen LogP contribution in [0.15, 0.2) is 48.5 Å². The molecule has 1 N–H and O–H groups in total. The van der Waals surface area contributed by atoms with Crippen molar-refractivity contribution >= 4 is 11.7 Å². The lowest BCUT2D eigenvalue weighted by Gasteiger charge is -2.36. The fourth-order valence-corrected chi connectivity index (χ4v) is 5.07. The Morgan fingerprint density at radius 1 is 1.07 bits per heavy atom. The van der Waals surface area contributed by atoms with Crippen molar-refractivity contribution in [3.05, 3.63) is 65.2 Å². The van der Waals surface area contributed by atoms with E-state index in [4.69, 9.17) is 0 Å². The minimum Gasteiger partial charge on any atom is -0.367 e. The van der Waals surface area contributed by atoms with Crippen LogP contribution in [0.2, 0.25) is 0 Å². The van der Waals surface area contributed by atoms with Crippen LogP contribution in [0.3, 0.4) is 0 Å². The van der Waals surface area contributed by atoms with E-state index in [1.807, 2.05) is 29.2 Å². The molecular formula is C23H24N4O. The number of carbonyl (C=O) groups excluding carboxylic acids is 1. The summed E-state index contributed by atoms with van der Waals surface area (Å²) in [6.45, 7) is 3.67. The molecule has 0 aromatic heterocycles. The molecule has 1 heterocycles. The van der Waals surface area contributed by atoms with Gasteiger partial charge in [0.25, 0.3) is 0 Å². The SMILES string of the molecule is N#Cc1ccccc1N1CCN(C(=O)NCC2C3Cc4ccccc4C23)CC1. The van der Waals surface area contributed by atoms with Crippen LogP contribution in [0.4, 0.5) is 10.5 Å². The third-order valence-electron chi connectivity index (χ3n) is 6.62. The van der Waals surface area contributed by atoms with Crippen molar-refractivity contribution < 1.29 is 4.79 Å². The summed E-state index contributed by atoms with van der Waals surface area (Å²) in [5.74, 6) is 1.97. The van der Waals surface area contributed by atoms with E-state index in [0.717, 1.165) is 31.2 Å². The zero-order chi connectivity index (χ0) is 19.1. The number of urea groups is 1. The maximum atomic E-state index is 12.6. The van der Waals surface area contributed by atoms with Crippen molar-refractivity contribution in [3.8, 4) is 6.07 Å². The quantitative estimate of drug-likeness (QED) is 0.901. The molecule has 5 rings (SSSR count). The van der Waals surface area contributed by atoms with Crippen LogP contribution >= 0.6 is 0 Å². The van der Waals surface area contributed by atoms with Gasteiger partial charge in [0.2, 0.25) is 0 Å². The van der Waals surface area contributed by atoms with E-state index in [-0.39, 0.29) is 6.03 Å². The Kier molecular flexibility index (Phi) is 4.20. The highest BCUT2D eigenvalue weighted by atomic mass is 16.2. The summed E-state index contributed by atoms with van der Waals surface area (Å²) in [6, 6.07) is 18.7. The summed E-state index contributed by atoms with van der Waals surface area (Å²) in [7, 11) is 0. The lowest BCUT2D eigenvalue weighted by atomic mass is 10.0. The van der Waals surface area contributed by atoms with Gasteiger partial charge in [-0.05, 0) is 47.4 Å². The molecule has 2 aliphatic carbocycles. The molecule has 142 valence electrons. The third kappa shape index (κ3) is 2.90. The molecule has 0 radical (unpaired) electrons. The monoisotopic (exact) mass is 372 g/mol. The van der Waals surface area contributed by atoms with Crippen LogP contribution in [0.25, 0.3) is 0 Å². The number of rotatable bonds is 3. The van der Waals surface area contributed by atoms with E-state index in [1.165, 1.54) is 17.5 Å². The van der Waals surface area contributed by atoms with Gasteiger partial charge in [-0.1, -0.05) is 36.4 Å². The van der Waals surface area contributed by atoms with Crippen molar-refractivity contribution in [1.82, 2.24) is 10.2 Å². The number of hydrogen-bond donors (Lipinski definition) is 1. The molecule has 5 nitrogen and oxygen atoms in total. The highest BCUT2D eigenvalue weighted by molar-refractivity contribution is 5.75. The van der Waals surface area contributed by atoms with E-state index in [9.17, 15) is 10.1 Å². The number of piperazine rings is 1. The molecule has 5 heteroatoms. The Labute approximate surface area is 165 Å². The van der Waals surface area contributed by atoms with Gasteiger partial charge in [0.05, 0.1) is 11.3 Å². The Balaban J connectivity index is 1.12. The lowest BCUT2D eigenvalue weighted by Crippen LogP contribution is -2.52. The molecular weight excluding hydrogens is 348 g/mol. The highest BCUT2D eigenvalue weighted by Crippen LogP contribution is 2.60. The number of nitriles is 1. The van der Waals surface area contributed by atoms with Gasteiger partial charge >= 0.3 is 6.03 Å². The zero-order valence-electron chi connectivity index (χ0n) is 15.8. The molecule has 2 aromatic rings. The molecule has 1 saturated carbocycles. The largest absolute Gasteiger partial charge is 0.367 e. The average molecular weight is 372 g/mol. The molecule has 0 bridgehead atoms. The summed E-state index contributed by atoms with van der Waals surface area (Å²) in [5, 5.41) is 12.5. The topological polar surface area (TPSA) is 59.4 Å². The van der Waals surface area contributed by atoms with Crippen LogP contribution in [-0.2, 0) is 6.42 Å². The molecule has 2 fully saturated rings. The van der Waals surface area contributed by atoms with E-state index in [0.29, 0.717) is 30.5 Å². The fourth-order valence-electron chi connectivity index (χ4n) is 5.07. The third-order valence-corrected chi connectivity index (χ3v) is 6.62. The van der Waals surface area contributed by atoms with Gasteiger partial charge < -0.3 is 15.1 Å². The fraction of sp³-hybridized carbons (Fsp3) is 0.391. The van der Waals surface area contributed by atoms with Crippen molar-refractivity contribution in [2.24, 2.45) is 11.8 Å². The van der Waals surface area contributed by atoms with Crippen LogP contribution in [-0.4, -0.2) is 43.7 Å². The first-order valence-corrected chi connectivity index (χ1v) is 10.1. The predicted octanol–water partition coefficient (Wildman–Crippen LogP) is 2.98. The van der Waals surface area contributed by atoms with Crippen LogP contribution in [0, 0.1) is 23.2 Å². The molecule has 3 aliphatic rings. The first kappa shape index (κ1) is 17.1. The molecule has 3 unspecified atom stereocenters. The van der Waals surface area contributed by atoms with Gasteiger partial charge in [0.15, 0.2) is 0 Å². The summed E-state index contributed by atoms with van der Waals surface area (Å²) >= 11 is 0. The smallest absolute Gasteiger partial charge is 0.317 e.